The SMILES string of the molecule is C=CC1CC2CC1C1C3CC(C4C5C=CC(C5)C34)C21. The maximum Gasteiger partial charge on any atom is -0.0194 e. The molecule has 0 spiro atoms. The summed E-state index contributed by atoms with van der Waals surface area (Å²) in [5, 5.41) is 0. The van der Waals surface area contributed by atoms with Gasteiger partial charge in [-0.3, -0.25) is 0 Å². The first-order valence-electron chi connectivity index (χ1n) is 8.67. The van der Waals surface area contributed by atoms with Crippen LogP contribution in [0.25, 0.3) is 0 Å². The number of hydrogen-bond donors (Lipinski definition) is 0. The third kappa shape index (κ3) is 0.948. The topological polar surface area (TPSA) is 0 Å². The highest BCUT2D eigenvalue weighted by Gasteiger charge is 2.70. The third-order valence-corrected chi connectivity index (χ3v) is 8.59. The lowest BCUT2D eigenvalue weighted by Gasteiger charge is -2.45. The molecule has 100 valence electrons. The fraction of sp³-hybridized carbons (Fsp3) is 0.789. The quantitative estimate of drug-likeness (QED) is 0.486. The predicted molar refractivity (Wildman–Crippen MR) is 76.2 cm³/mol. The van der Waals surface area contributed by atoms with E-state index in [-0.39, 0.29) is 0 Å². The number of rotatable bonds is 1. The standard InChI is InChI=1S/C19H24/c1-2-9-5-12-7-13(9)19-15-8-14(18(12)19)16-10-3-4-11(6-10)17(15)16/h2-4,9-19H,1,5-8H2. The van der Waals surface area contributed by atoms with Gasteiger partial charge in [0.1, 0.15) is 0 Å². The molecule has 0 N–H and O–H groups in total. The summed E-state index contributed by atoms with van der Waals surface area (Å²) in [4.78, 5) is 0. The molecule has 0 aromatic heterocycles. The maximum atomic E-state index is 4.13. The fourth-order valence-corrected chi connectivity index (χ4v) is 8.57. The largest absolute Gasteiger partial charge is 0.103 e. The molecule has 0 amide bonds. The van der Waals surface area contributed by atoms with Crippen LogP contribution >= 0.6 is 0 Å². The van der Waals surface area contributed by atoms with Crippen molar-refractivity contribution in [2.24, 2.45) is 65.1 Å². The van der Waals surface area contributed by atoms with Gasteiger partial charge in [-0.25, -0.2) is 0 Å². The molecule has 11 atom stereocenters. The van der Waals surface area contributed by atoms with Gasteiger partial charge in [0.25, 0.3) is 0 Å². The van der Waals surface area contributed by atoms with Gasteiger partial charge in [0, 0.05) is 0 Å². The Kier molecular flexibility index (Phi) is 1.64. The Morgan fingerprint density at radius 1 is 0.737 bits per heavy atom. The lowest BCUT2D eigenvalue weighted by Crippen LogP contribution is -2.41. The van der Waals surface area contributed by atoms with Gasteiger partial charge in [0.2, 0.25) is 0 Å². The van der Waals surface area contributed by atoms with Gasteiger partial charge < -0.3 is 0 Å². The van der Waals surface area contributed by atoms with E-state index in [0.717, 1.165) is 65.1 Å². The van der Waals surface area contributed by atoms with Crippen LogP contribution in [0, 0.1) is 65.1 Å². The highest BCUT2D eigenvalue weighted by Crippen LogP contribution is 2.76. The molecule has 11 unspecified atom stereocenters. The molecule has 6 aliphatic rings. The average Bonchev–Trinajstić information content (AvgIpc) is 3.20. The summed E-state index contributed by atoms with van der Waals surface area (Å²) in [6.45, 7) is 4.13. The predicted octanol–water partition coefficient (Wildman–Crippen LogP) is 4.15. The Hall–Kier alpha value is -0.520. The van der Waals surface area contributed by atoms with Crippen molar-refractivity contribution in [2.75, 3.05) is 0 Å². The minimum absolute atomic E-state index is 0.887. The van der Waals surface area contributed by atoms with E-state index in [1.165, 1.54) is 12.8 Å². The van der Waals surface area contributed by atoms with Crippen LogP contribution in [0.5, 0.6) is 0 Å². The zero-order chi connectivity index (χ0) is 12.3. The molecule has 0 aliphatic heterocycles. The highest BCUT2D eigenvalue weighted by atomic mass is 14.7. The van der Waals surface area contributed by atoms with Gasteiger partial charge in [-0.2, -0.15) is 0 Å². The minimum atomic E-state index is 0.887. The van der Waals surface area contributed by atoms with Crippen molar-refractivity contribution >= 4 is 0 Å². The normalized spacial score (nSPS) is 69.8. The fourth-order valence-electron chi connectivity index (χ4n) is 8.57. The molecule has 6 rings (SSSR count). The molecule has 6 aliphatic carbocycles. The van der Waals surface area contributed by atoms with Crippen LogP contribution in [0.2, 0.25) is 0 Å². The monoisotopic (exact) mass is 252 g/mol. The molecule has 5 saturated carbocycles. The zero-order valence-electron chi connectivity index (χ0n) is 11.6. The second kappa shape index (κ2) is 3.05. The van der Waals surface area contributed by atoms with E-state index < -0.39 is 0 Å². The molecule has 0 aromatic rings. The van der Waals surface area contributed by atoms with Gasteiger partial charge in [-0.1, -0.05) is 18.2 Å². The first-order valence-corrected chi connectivity index (χ1v) is 8.67. The van der Waals surface area contributed by atoms with Crippen LogP contribution in [0.1, 0.15) is 25.7 Å². The van der Waals surface area contributed by atoms with Crippen molar-refractivity contribution in [3.05, 3.63) is 24.8 Å². The van der Waals surface area contributed by atoms with E-state index in [2.05, 4.69) is 24.8 Å². The van der Waals surface area contributed by atoms with Gasteiger partial charge >= 0.3 is 0 Å². The lowest BCUT2D eigenvalue weighted by molar-refractivity contribution is 0.0380. The molecule has 19 heavy (non-hydrogen) atoms. The zero-order valence-corrected chi connectivity index (χ0v) is 11.6. The number of allylic oxidation sites excluding steroid dienone is 3. The molecule has 0 saturated heterocycles. The molecule has 6 bridgehead atoms. The van der Waals surface area contributed by atoms with Crippen molar-refractivity contribution < 1.29 is 0 Å². The van der Waals surface area contributed by atoms with Crippen molar-refractivity contribution in [3.8, 4) is 0 Å². The number of fused-ring (bicyclic) bond motifs is 16. The summed E-state index contributed by atoms with van der Waals surface area (Å²) in [6, 6.07) is 0. The average molecular weight is 252 g/mol. The van der Waals surface area contributed by atoms with Crippen molar-refractivity contribution in [1.82, 2.24) is 0 Å². The van der Waals surface area contributed by atoms with Crippen LogP contribution in [0.15, 0.2) is 24.8 Å². The highest BCUT2D eigenvalue weighted by molar-refractivity contribution is 5.25. The molecule has 0 radical (unpaired) electrons. The maximum absolute atomic E-state index is 4.13. The van der Waals surface area contributed by atoms with Gasteiger partial charge in [-0.15, -0.1) is 6.58 Å². The summed E-state index contributed by atoms with van der Waals surface area (Å²) >= 11 is 0. The second-order valence-electron chi connectivity index (χ2n) is 8.62. The van der Waals surface area contributed by atoms with Crippen molar-refractivity contribution in [2.45, 2.75) is 25.7 Å². The molecule has 0 nitrogen and oxygen atoms in total. The first kappa shape index (κ1) is 10.2. The summed E-state index contributed by atoms with van der Waals surface area (Å²) in [5.74, 6) is 11.8. The number of hydrogen-bond acceptors (Lipinski definition) is 0. The van der Waals surface area contributed by atoms with Crippen LogP contribution < -0.4 is 0 Å². The van der Waals surface area contributed by atoms with E-state index in [1.54, 1.807) is 12.8 Å². The van der Waals surface area contributed by atoms with Crippen LogP contribution in [0.3, 0.4) is 0 Å². The Morgan fingerprint density at radius 2 is 1.47 bits per heavy atom. The minimum Gasteiger partial charge on any atom is -0.103 e. The Labute approximate surface area is 116 Å². The van der Waals surface area contributed by atoms with E-state index in [1.807, 2.05) is 0 Å². The third-order valence-electron chi connectivity index (χ3n) is 8.59. The summed E-state index contributed by atoms with van der Waals surface area (Å²) in [6.07, 6.45) is 13.7. The van der Waals surface area contributed by atoms with E-state index in [4.69, 9.17) is 0 Å². The van der Waals surface area contributed by atoms with Crippen molar-refractivity contribution in [1.29, 1.82) is 0 Å². The van der Waals surface area contributed by atoms with Crippen LogP contribution in [0.4, 0.5) is 0 Å². The Balaban J connectivity index is 1.44. The summed E-state index contributed by atoms with van der Waals surface area (Å²) in [5.41, 5.74) is 0. The smallest absolute Gasteiger partial charge is 0.0194 e. The molecule has 0 aromatic carbocycles. The molecular weight excluding hydrogens is 228 g/mol. The van der Waals surface area contributed by atoms with Crippen LogP contribution in [-0.4, -0.2) is 0 Å². The van der Waals surface area contributed by atoms with Gasteiger partial charge in [0.15, 0.2) is 0 Å². The summed E-state index contributed by atoms with van der Waals surface area (Å²) in [7, 11) is 0. The van der Waals surface area contributed by atoms with E-state index in [0.29, 0.717) is 0 Å². The Morgan fingerprint density at radius 3 is 2.21 bits per heavy atom. The molecular formula is C19H24. The first-order chi connectivity index (χ1) is 9.36. The van der Waals surface area contributed by atoms with E-state index in [9.17, 15) is 0 Å². The van der Waals surface area contributed by atoms with Gasteiger partial charge in [0.05, 0.1) is 0 Å². The van der Waals surface area contributed by atoms with Crippen LogP contribution in [-0.2, 0) is 0 Å². The summed E-state index contributed by atoms with van der Waals surface area (Å²) < 4.78 is 0. The van der Waals surface area contributed by atoms with E-state index >= 15 is 0 Å². The second-order valence-corrected chi connectivity index (χ2v) is 8.62. The Bertz CT molecular complexity index is 488. The molecule has 0 heterocycles. The molecule has 5 fully saturated rings. The van der Waals surface area contributed by atoms with Gasteiger partial charge in [-0.05, 0) is 90.8 Å². The lowest BCUT2D eigenvalue weighted by atomic mass is 9.59. The van der Waals surface area contributed by atoms with Crippen molar-refractivity contribution in [3.63, 3.8) is 0 Å². The molecule has 0 heteroatoms.